The summed E-state index contributed by atoms with van der Waals surface area (Å²) in [6.45, 7) is 1.97. The van der Waals surface area contributed by atoms with Gasteiger partial charge in [-0.2, -0.15) is 0 Å². The fraction of sp³-hybridized carbons (Fsp3) is 0.214. The third-order valence-corrected chi connectivity index (χ3v) is 2.42. The van der Waals surface area contributed by atoms with E-state index < -0.39 is 6.16 Å². The van der Waals surface area contributed by atoms with Gasteiger partial charge in [0.15, 0.2) is 0 Å². The lowest BCUT2D eigenvalue weighted by molar-refractivity contribution is 0.104. The molecule has 0 spiro atoms. The van der Waals surface area contributed by atoms with Gasteiger partial charge in [-0.25, -0.2) is 4.79 Å². The summed E-state index contributed by atoms with van der Waals surface area (Å²) in [5, 5.41) is 0. The van der Waals surface area contributed by atoms with Gasteiger partial charge < -0.3 is 14.2 Å². The largest absolute Gasteiger partial charge is 0.513 e. The van der Waals surface area contributed by atoms with Crippen LogP contribution < -0.4 is 9.47 Å². The zero-order valence-corrected chi connectivity index (χ0v) is 11.2. The topological polar surface area (TPSA) is 70.5 Å². The highest BCUT2D eigenvalue weighted by atomic mass is 16.7. The Bertz CT molecular complexity index is 601. The Balaban J connectivity index is 2.22. The molecular formula is C14H14N2O4. The summed E-state index contributed by atoms with van der Waals surface area (Å²) >= 11 is 0. The van der Waals surface area contributed by atoms with E-state index in [2.05, 4.69) is 9.97 Å². The van der Waals surface area contributed by atoms with Gasteiger partial charge >= 0.3 is 6.16 Å². The lowest BCUT2D eigenvalue weighted by Crippen LogP contribution is -2.10. The molecule has 6 nitrogen and oxygen atoms in total. The van der Waals surface area contributed by atoms with E-state index in [0.29, 0.717) is 22.9 Å². The first kappa shape index (κ1) is 13.8. The standard InChI is InChI=1S/C14H14N2O4/c1-3-19-14(17)20-11-5-7-16-13(9-11)12-8-10(18-2)4-6-15-12/h4-9H,3H2,1-2H3. The van der Waals surface area contributed by atoms with Crippen LogP contribution >= 0.6 is 0 Å². The van der Waals surface area contributed by atoms with Crippen LogP contribution in [0.3, 0.4) is 0 Å². The minimum absolute atomic E-state index is 0.258. The monoisotopic (exact) mass is 274 g/mol. The van der Waals surface area contributed by atoms with Gasteiger partial charge in [-0.15, -0.1) is 0 Å². The predicted molar refractivity (Wildman–Crippen MR) is 71.7 cm³/mol. The summed E-state index contributed by atoms with van der Waals surface area (Å²) in [7, 11) is 1.58. The van der Waals surface area contributed by atoms with Crippen molar-refractivity contribution in [3.8, 4) is 22.9 Å². The fourth-order valence-electron chi connectivity index (χ4n) is 1.54. The van der Waals surface area contributed by atoms with Gasteiger partial charge in [-0.1, -0.05) is 0 Å². The van der Waals surface area contributed by atoms with E-state index in [1.165, 1.54) is 6.20 Å². The van der Waals surface area contributed by atoms with Crippen molar-refractivity contribution >= 4 is 6.16 Å². The average Bonchev–Trinajstić information content (AvgIpc) is 2.48. The molecule has 20 heavy (non-hydrogen) atoms. The SMILES string of the molecule is CCOC(=O)Oc1ccnc(-c2cc(OC)ccn2)c1. The zero-order chi connectivity index (χ0) is 14.4. The second-order valence-electron chi connectivity index (χ2n) is 3.74. The van der Waals surface area contributed by atoms with Crippen LogP contribution in [-0.2, 0) is 4.74 Å². The molecule has 2 aromatic rings. The smallest absolute Gasteiger partial charge is 0.497 e. The highest BCUT2D eigenvalue weighted by Gasteiger charge is 2.08. The molecule has 2 rings (SSSR count). The Morgan fingerprint density at radius 2 is 1.70 bits per heavy atom. The summed E-state index contributed by atoms with van der Waals surface area (Å²) in [6.07, 6.45) is 2.41. The highest BCUT2D eigenvalue weighted by Crippen LogP contribution is 2.22. The molecule has 0 saturated heterocycles. The van der Waals surface area contributed by atoms with Crippen molar-refractivity contribution in [1.82, 2.24) is 9.97 Å². The number of carbonyl (C=O) groups excluding carboxylic acids is 1. The maximum Gasteiger partial charge on any atom is 0.513 e. The Hall–Kier alpha value is -2.63. The summed E-state index contributed by atoms with van der Waals surface area (Å²) in [4.78, 5) is 19.6. The first-order valence-corrected chi connectivity index (χ1v) is 6.04. The molecule has 0 N–H and O–H groups in total. The van der Waals surface area contributed by atoms with Gasteiger partial charge in [0.1, 0.15) is 11.5 Å². The Morgan fingerprint density at radius 3 is 2.30 bits per heavy atom. The number of aromatic nitrogens is 2. The van der Waals surface area contributed by atoms with E-state index in [0.717, 1.165) is 0 Å². The average molecular weight is 274 g/mol. The molecule has 0 amide bonds. The second-order valence-corrected chi connectivity index (χ2v) is 3.74. The molecule has 2 heterocycles. The molecule has 0 radical (unpaired) electrons. The minimum Gasteiger partial charge on any atom is -0.497 e. The molecule has 0 atom stereocenters. The molecule has 0 aliphatic heterocycles. The number of nitrogens with zero attached hydrogens (tertiary/aromatic N) is 2. The van der Waals surface area contributed by atoms with Crippen molar-refractivity contribution in [1.29, 1.82) is 0 Å². The number of rotatable bonds is 4. The van der Waals surface area contributed by atoms with Crippen molar-refractivity contribution in [3.63, 3.8) is 0 Å². The van der Waals surface area contributed by atoms with E-state index in [9.17, 15) is 4.79 Å². The lowest BCUT2D eigenvalue weighted by Gasteiger charge is -2.06. The Labute approximate surface area is 116 Å². The van der Waals surface area contributed by atoms with Gasteiger partial charge in [0.2, 0.25) is 0 Å². The van der Waals surface area contributed by atoms with Crippen LogP contribution in [0, 0.1) is 0 Å². The number of pyridine rings is 2. The lowest BCUT2D eigenvalue weighted by atomic mass is 10.2. The van der Waals surface area contributed by atoms with E-state index in [1.807, 2.05) is 0 Å². The van der Waals surface area contributed by atoms with Crippen molar-refractivity contribution in [2.24, 2.45) is 0 Å². The van der Waals surface area contributed by atoms with Crippen LogP contribution in [0.1, 0.15) is 6.92 Å². The van der Waals surface area contributed by atoms with Crippen LogP contribution in [0.5, 0.6) is 11.5 Å². The second kappa shape index (κ2) is 6.51. The van der Waals surface area contributed by atoms with E-state index in [-0.39, 0.29) is 6.61 Å². The van der Waals surface area contributed by atoms with Crippen LogP contribution in [0.25, 0.3) is 11.4 Å². The molecular weight excluding hydrogens is 260 g/mol. The summed E-state index contributed by atoms with van der Waals surface area (Å²) in [6, 6.07) is 6.66. The normalized spacial score (nSPS) is 9.90. The maximum absolute atomic E-state index is 11.3. The number of ether oxygens (including phenoxy) is 3. The van der Waals surface area contributed by atoms with Crippen molar-refractivity contribution < 1.29 is 19.0 Å². The first-order chi connectivity index (χ1) is 9.72. The third-order valence-electron chi connectivity index (χ3n) is 2.42. The Kier molecular flexibility index (Phi) is 4.49. The van der Waals surface area contributed by atoms with Gasteiger partial charge in [0.25, 0.3) is 0 Å². The molecule has 2 aromatic heterocycles. The quantitative estimate of drug-likeness (QED) is 0.798. The molecule has 0 unspecified atom stereocenters. The molecule has 0 aliphatic carbocycles. The van der Waals surface area contributed by atoms with Gasteiger partial charge in [-0.3, -0.25) is 9.97 Å². The zero-order valence-electron chi connectivity index (χ0n) is 11.2. The molecule has 104 valence electrons. The van der Waals surface area contributed by atoms with Gasteiger partial charge in [0.05, 0.1) is 25.1 Å². The Morgan fingerprint density at radius 1 is 1.10 bits per heavy atom. The first-order valence-electron chi connectivity index (χ1n) is 6.04. The number of carbonyl (C=O) groups is 1. The van der Waals surface area contributed by atoms with Crippen LogP contribution in [0.4, 0.5) is 4.79 Å². The minimum atomic E-state index is -0.747. The third kappa shape index (κ3) is 3.44. The molecule has 0 aromatic carbocycles. The van der Waals surface area contributed by atoms with Crippen LogP contribution in [0.2, 0.25) is 0 Å². The van der Waals surface area contributed by atoms with Crippen molar-refractivity contribution in [2.45, 2.75) is 6.92 Å². The molecule has 6 heteroatoms. The van der Waals surface area contributed by atoms with E-state index in [4.69, 9.17) is 14.2 Å². The summed E-state index contributed by atoms with van der Waals surface area (Å²) in [5.41, 5.74) is 1.20. The summed E-state index contributed by atoms with van der Waals surface area (Å²) < 4.78 is 14.9. The molecule has 0 fully saturated rings. The maximum atomic E-state index is 11.3. The number of hydrogen-bond donors (Lipinski definition) is 0. The van der Waals surface area contributed by atoms with Crippen molar-refractivity contribution in [2.75, 3.05) is 13.7 Å². The number of methoxy groups -OCH3 is 1. The molecule has 0 bridgehead atoms. The predicted octanol–water partition coefficient (Wildman–Crippen LogP) is 2.69. The number of hydrogen-bond acceptors (Lipinski definition) is 6. The van der Waals surface area contributed by atoms with Gasteiger partial charge in [0, 0.05) is 24.5 Å². The van der Waals surface area contributed by atoms with Gasteiger partial charge in [-0.05, 0) is 19.1 Å². The fourth-order valence-corrected chi connectivity index (χ4v) is 1.54. The highest BCUT2D eigenvalue weighted by molar-refractivity contribution is 5.65. The van der Waals surface area contributed by atoms with Crippen molar-refractivity contribution in [3.05, 3.63) is 36.7 Å². The molecule has 0 saturated carbocycles. The van der Waals surface area contributed by atoms with Crippen LogP contribution in [-0.4, -0.2) is 29.8 Å². The van der Waals surface area contributed by atoms with Crippen LogP contribution in [0.15, 0.2) is 36.7 Å². The van der Waals surface area contributed by atoms with E-state index in [1.54, 1.807) is 44.5 Å². The van der Waals surface area contributed by atoms with E-state index >= 15 is 0 Å². The molecule has 0 aliphatic rings. The summed E-state index contributed by atoms with van der Waals surface area (Å²) in [5.74, 6) is 1.02.